The van der Waals surface area contributed by atoms with Crippen LogP contribution in [0.5, 0.6) is 5.75 Å². The van der Waals surface area contributed by atoms with Crippen molar-refractivity contribution in [1.82, 2.24) is 0 Å². The molecule has 0 unspecified atom stereocenters. The van der Waals surface area contributed by atoms with Gasteiger partial charge in [0.2, 0.25) is 0 Å². The SMILES string of the molecule is CC[C@H](C)c1ccccc1OCC(=O)Nc1ccc(F)cc1. The molecule has 1 N–H and O–H groups in total. The van der Waals surface area contributed by atoms with Gasteiger partial charge in [-0.25, -0.2) is 4.39 Å². The first kappa shape index (κ1) is 16.0. The lowest BCUT2D eigenvalue weighted by molar-refractivity contribution is -0.118. The topological polar surface area (TPSA) is 38.3 Å². The Morgan fingerprint density at radius 2 is 1.86 bits per heavy atom. The second-order valence-corrected chi connectivity index (χ2v) is 5.19. The van der Waals surface area contributed by atoms with Gasteiger partial charge in [0.15, 0.2) is 6.61 Å². The Balaban J connectivity index is 1.95. The maximum atomic E-state index is 12.8. The first-order chi connectivity index (χ1) is 10.6. The van der Waals surface area contributed by atoms with E-state index in [0.717, 1.165) is 17.7 Å². The Bertz CT molecular complexity index is 625. The van der Waals surface area contributed by atoms with Crippen molar-refractivity contribution in [2.45, 2.75) is 26.2 Å². The van der Waals surface area contributed by atoms with Crippen LogP contribution in [0.4, 0.5) is 10.1 Å². The summed E-state index contributed by atoms with van der Waals surface area (Å²) < 4.78 is 18.4. The van der Waals surface area contributed by atoms with Crippen molar-refractivity contribution in [2.75, 3.05) is 11.9 Å². The third kappa shape index (κ3) is 4.32. The van der Waals surface area contributed by atoms with Gasteiger partial charge in [-0.2, -0.15) is 0 Å². The predicted octanol–water partition coefficient (Wildman–Crippen LogP) is 4.36. The lowest BCUT2D eigenvalue weighted by atomic mass is 9.98. The molecule has 0 aromatic heterocycles. The monoisotopic (exact) mass is 301 g/mol. The van der Waals surface area contributed by atoms with E-state index >= 15 is 0 Å². The Kier molecular flexibility index (Phi) is 5.53. The number of carbonyl (C=O) groups is 1. The van der Waals surface area contributed by atoms with Gasteiger partial charge in [0, 0.05) is 5.69 Å². The number of nitrogens with one attached hydrogen (secondary N) is 1. The van der Waals surface area contributed by atoms with Gasteiger partial charge >= 0.3 is 0 Å². The molecular weight excluding hydrogens is 281 g/mol. The first-order valence-electron chi connectivity index (χ1n) is 7.37. The summed E-state index contributed by atoms with van der Waals surface area (Å²) in [5.74, 6) is 0.491. The molecule has 0 fully saturated rings. The number of amides is 1. The molecule has 1 atom stereocenters. The molecule has 0 saturated carbocycles. The molecular formula is C18H20FNO2. The van der Waals surface area contributed by atoms with Crippen LogP contribution in [0.2, 0.25) is 0 Å². The zero-order valence-corrected chi connectivity index (χ0v) is 12.8. The standard InChI is InChI=1S/C18H20FNO2/c1-3-13(2)16-6-4-5-7-17(16)22-12-18(21)20-15-10-8-14(19)9-11-15/h4-11,13H,3,12H2,1-2H3,(H,20,21)/t13-/m0/s1. The van der Waals surface area contributed by atoms with Crippen LogP contribution in [0.3, 0.4) is 0 Å². The molecule has 0 radical (unpaired) electrons. The second-order valence-electron chi connectivity index (χ2n) is 5.19. The lowest BCUT2D eigenvalue weighted by Gasteiger charge is -2.15. The van der Waals surface area contributed by atoms with Gasteiger partial charge in [0.05, 0.1) is 0 Å². The fraction of sp³-hybridized carbons (Fsp3) is 0.278. The summed E-state index contributed by atoms with van der Waals surface area (Å²) in [7, 11) is 0. The highest BCUT2D eigenvalue weighted by atomic mass is 19.1. The molecule has 3 nitrogen and oxygen atoms in total. The molecule has 2 aromatic rings. The summed E-state index contributed by atoms with van der Waals surface area (Å²) in [6.45, 7) is 4.16. The number of benzene rings is 2. The van der Waals surface area contributed by atoms with Crippen LogP contribution in [0, 0.1) is 5.82 Å². The Hall–Kier alpha value is -2.36. The van der Waals surface area contributed by atoms with Crippen LogP contribution in [-0.4, -0.2) is 12.5 Å². The molecule has 1 amide bonds. The van der Waals surface area contributed by atoms with Gasteiger partial charge in [-0.3, -0.25) is 4.79 Å². The highest BCUT2D eigenvalue weighted by Crippen LogP contribution is 2.28. The summed E-state index contributed by atoms with van der Waals surface area (Å²) in [5.41, 5.74) is 1.64. The summed E-state index contributed by atoms with van der Waals surface area (Å²) in [4.78, 5) is 11.9. The number of rotatable bonds is 6. The van der Waals surface area contributed by atoms with Gasteiger partial charge in [-0.1, -0.05) is 32.0 Å². The molecule has 4 heteroatoms. The largest absolute Gasteiger partial charge is 0.483 e. The molecule has 0 saturated heterocycles. The summed E-state index contributed by atoms with van der Waals surface area (Å²) in [5, 5.41) is 2.67. The van der Waals surface area contributed by atoms with Crippen LogP contribution < -0.4 is 10.1 Å². The number of ether oxygens (including phenoxy) is 1. The molecule has 2 aromatic carbocycles. The third-order valence-corrected chi connectivity index (χ3v) is 3.55. The van der Waals surface area contributed by atoms with E-state index in [1.54, 1.807) is 0 Å². The highest BCUT2D eigenvalue weighted by molar-refractivity contribution is 5.91. The van der Waals surface area contributed by atoms with E-state index in [1.165, 1.54) is 24.3 Å². The zero-order valence-electron chi connectivity index (χ0n) is 12.8. The average Bonchev–Trinajstić information content (AvgIpc) is 2.54. The number of anilines is 1. The maximum Gasteiger partial charge on any atom is 0.262 e. The van der Waals surface area contributed by atoms with Crippen molar-refractivity contribution in [2.24, 2.45) is 0 Å². The molecule has 0 aliphatic rings. The van der Waals surface area contributed by atoms with E-state index in [2.05, 4.69) is 19.2 Å². The van der Waals surface area contributed by atoms with E-state index in [-0.39, 0.29) is 18.3 Å². The van der Waals surface area contributed by atoms with Crippen LogP contribution in [0.15, 0.2) is 48.5 Å². The third-order valence-electron chi connectivity index (χ3n) is 3.55. The van der Waals surface area contributed by atoms with Gasteiger partial charge in [-0.05, 0) is 48.2 Å². The van der Waals surface area contributed by atoms with Gasteiger partial charge in [0.1, 0.15) is 11.6 Å². The van der Waals surface area contributed by atoms with Gasteiger partial charge in [0.25, 0.3) is 5.91 Å². The van der Waals surface area contributed by atoms with Crippen LogP contribution in [0.25, 0.3) is 0 Å². The van der Waals surface area contributed by atoms with E-state index in [4.69, 9.17) is 4.74 Å². The lowest BCUT2D eigenvalue weighted by Crippen LogP contribution is -2.20. The zero-order chi connectivity index (χ0) is 15.9. The molecule has 2 rings (SSSR count). The van der Waals surface area contributed by atoms with Crippen molar-refractivity contribution in [1.29, 1.82) is 0 Å². The molecule has 0 aliphatic heterocycles. The minimum Gasteiger partial charge on any atom is -0.483 e. The number of halogens is 1. The fourth-order valence-corrected chi connectivity index (χ4v) is 2.11. The van der Waals surface area contributed by atoms with Gasteiger partial charge in [-0.15, -0.1) is 0 Å². The quantitative estimate of drug-likeness (QED) is 0.861. The Morgan fingerprint density at radius 1 is 1.18 bits per heavy atom. The Labute approximate surface area is 130 Å². The highest BCUT2D eigenvalue weighted by Gasteiger charge is 2.11. The number of carbonyl (C=O) groups excluding carboxylic acids is 1. The average molecular weight is 301 g/mol. The van der Waals surface area contributed by atoms with E-state index in [1.807, 2.05) is 24.3 Å². The normalized spacial score (nSPS) is 11.8. The van der Waals surface area contributed by atoms with E-state index in [0.29, 0.717) is 11.6 Å². The van der Waals surface area contributed by atoms with E-state index < -0.39 is 0 Å². The number of para-hydroxylation sites is 1. The summed E-state index contributed by atoms with van der Waals surface area (Å²) in [6.07, 6.45) is 1.00. The fourth-order valence-electron chi connectivity index (χ4n) is 2.11. The minimum atomic E-state index is -0.336. The van der Waals surface area contributed by atoms with Crippen molar-refractivity contribution >= 4 is 11.6 Å². The number of hydrogen-bond donors (Lipinski definition) is 1. The molecule has 0 spiro atoms. The van der Waals surface area contributed by atoms with Crippen molar-refractivity contribution in [3.05, 3.63) is 59.9 Å². The summed E-state index contributed by atoms with van der Waals surface area (Å²) in [6, 6.07) is 13.4. The molecule has 0 aliphatic carbocycles. The van der Waals surface area contributed by atoms with Crippen LogP contribution in [-0.2, 0) is 4.79 Å². The molecule has 22 heavy (non-hydrogen) atoms. The number of hydrogen-bond acceptors (Lipinski definition) is 2. The molecule has 116 valence electrons. The van der Waals surface area contributed by atoms with Crippen LogP contribution in [0.1, 0.15) is 31.7 Å². The van der Waals surface area contributed by atoms with Crippen molar-refractivity contribution in [3.63, 3.8) is 0 Å². The first-order valence-corrected chi connectivity index (χ1v) is 7.37. The van der Waals surface area contributed by atoms with E-state index in [9.17, 15) is 9.18 Å². The Morgan fingerprint density at radius 3 is 2.55 bits per heavy atom. The van der Waals surface area contributed by atoms with Crippen molar-refractivity contribution < 1.29 is 13.9 Å². The molecule has 0 heterocycles. The predicted molar refractivity (Wildman–Crippen MR) is 85.7 cm³/mol. The minimum absolute atomic E-state index is 0.0785. The van der Waals surface area contributed by atoms with Gasteiger partial charge < -0.3 is 10.1 Å². The smallest absolute Gasteiger partial charge is 0.262 e. The maximum absolute atomic E-state index is 12.8. The van der Waals surface area contributed by atoms with Crippen molar-refractivity contribution in [3.8, 4) is 5.75 Å². The molecule has 0 bridgehead atoms. The second kappa shape index (κ2) is 7.59. The summed E-state index contributed by atoms with van der Waals surface area (Å²) >= 11 is 0. The van der Waals surface area contributed by atoms with Crippen LogP contribution >= 0.6 is 0 Å².